The molecular formula is C10H7FINO. The van der Waals surface area contributed by atoms with Gasteiger partial charge in [-0.1, -0.05) is 0 Å². The number of nitrogens with one attached hydrogen (secondary N) is 1. The monoisotopic (exact) mass is 303 g/mol. The highest BCUT2D eigenvalue weighted by molar-refractivity contribution is 14.1. The first-order chi connectivity index (χ1) is 6.59. The van der Waals surface area contributed by atoms with Crippen LogP contribution >= 0.6 is 22.6 Å². The lowest BCUT2D eigenvalue weighted by Crippen LogP contribution is -1.89. The Labute approximate surface area is 93.6 Å². The number of carbonyl (C=O) groups is 1. The van der Waals surface area contributed by atoms with Gasteiger partial charge in [-0.3, -0.25) is 4.79 Å². The molecule has 4 heteroatoms. The minimum atomic E-state index is -0.268. The van der Waals surface area contributed by atoms with E-state index < -0.39 is 0 Å². The number of carbonyl (C=O) groups excluding carboxylic acids is 1. The first kappa shape index (κ1) is 9.64. The zero-order valence-corrected chi connectivity index (χ0v) is 9.55. The summed E-state index contributed by atoms with van der Waals surface area (Å²) >= 11 is 1.91. The van der Waals surface area contributed by atoms with Gasteiger partial charge in [-0.05, 0) is 41.6 Å². The summed E-state index contributed by atoms with van der Waals surface area (Å²) < 4.78 is 13.7. The number of halogens is 2. The standard InChI is InChI=1S/C10H7FINO/c1-5(14)7-4-13-10-3-8(11)9(12)2-6(7)10/h2-4,13H,1H3. The molecule has 0 amide bonds. The van der Waals surface area contributed by atoms with Crippen LogP contribution in [0.5, 0.6) is 0 Å². The highest BCUT2D eigenvalue weighted by atomic mass is 127. The second-order valence-electron chi connectivity index (χ2n) is 3.07. The van der Waals surface area contributed by atoms with Gasteiger partial charge in [0.2, 0.25) is 0 Å². The van der Waals surface area contributed by atoms with Crippen LogP contribution in [-0.4, -0.2) is 10.8 Å². The van der Waals surface area contributed by atoms with E-state index in [0.29, 0.717) is 14.7 Å². The molecule has 72 valence electrons. The van der Waals surface area contributed by atoms with Crippen LogP contribution in [0.25, 0.3) is 10.9 Å². The summed E-state index contributed by atoms with van der Waals surface area (Å²) in [6.45, 7) is 1.50. The molecule has 2 nitrogen and oxygen atoms in total. The van der Waals surface area contributed by atoms with Crippen LogP contribution in [0.4, 0.5) is 4.39 Å². The molecule has 0 aliphatic rings. The van der Waals surface area contributed by atoms with Crippen molar-refractivity contribution in [3.63, 3.8) is 0 Å². The number of ketones is 1. The highest BCUT2D eigenvalue weighted by Gasteiger charge is 2.10. The first-order valence-corrected chi connectivity index (χ1v) is 5.14. The lowest BCUT2D eigenvalue weighted by Gasteiger charge is -1.96. The van der Waals surface area contributed by atoms with Crippen molar-refractivity contribution in [1.29, 1.82) is 0 Å². The predicted molar refractivity (Wildman–Crippen MR) is 61.0 cm³/mol. The molecule has 0 radical (unpaired) electrons. The number of aromatic amines is 1. The molecule has 0 aliphatic carbocycles. The van der Waals surface area contributed by atoms with Crippen molar-refractivity contribution in [3.8, 4) is 0 Å². The molecule has 1 aromatic carbocycles. The van der Waals surface area contributed by atoms with Crippen molar-refractivity contribution in [2.75, 3.05) is 0 Å². The molecule has 0 atom stereocenters. The Hall–Kier alpha value is -0.910. The van der Waals surface area contributed by atoms with Gasteiger partial charge in [0.25, 0.3) is 0 Å². The maximum Gasteiger partial charge on any atom is 0.161 e. The van der Waals surface area contributed by atoms with E-state index in [1.165, 1.54) is 13.0 Å². The van der Waals surface area contributed by atoms with E-state index in [1.807, 2.05) is 22.6 Å². The summed E-state index contributed by atoms with van der Waals surface area (Å²) in [6.07, 6.45) is 1.61. The van der Waals surface area contributed by atoms with Crippen molar-refractivity contribution >= 4 is 39.3 Å². The number of fused-ring (bicyclic) bond motifs is 1. The third-order valence-electron chi connectivity index (χ3n) is 2.10. The second kappa shape index (κ2) is 3.34. The molecule has 1 heterocycles. The largest absolute Gasteiger partial charge is 0.360 e. The fourth-order valence-corrected chi connectivity index (χ4v) is 1.88. The average molecular weight is 303 g/mol. The highest BCUT2D eigenvalue weighted by Crippen LogP contribution is 2.23. The summed E-state index contributed by atoms with van der Waals surface area (Å²) in [5.74, 6) is -0.284. The quantitative estimate of drug-likeness (QED) is 0.637. The van der Waals surface area contributed by atoms with Gasteiger partial charge in [0, 0.05) is 26.2 Å². The van der Waals surface area contributed by atoms with E-state index in [4.69, 9.17) is 0 Å². The molecule has 2 rings (SSSR count). The third-order valence-corrected chi connectivity index (χ3v) is 2.93. The van der Waals surface area contributed by atoms with Gasteiger partial charge in [0.15, 0.2) is 5.78 Å². The Bertz CT molecular complexity index is 518. The Kier molecular flexibility index (Phi) is 2.30. The minimum absolute atomic E-state index is 0.0151. The molecule has 0 aliphatic heterocycles. The number of aromatic nitrogens is 1. The van der Waals surface area contributed by atoms with Crippen LogP contribution in [-0.2, 0) is 0 Å². The first-order valence-electron chi connectivity index (χ1n) is 4.06. The van der Waals surface area contributed by atoms with Crippen molar-refractivity contribution in [2.45, 2.75) is 6.92 Å². The lowest BCUT2D eigenvalue weighted by molar-refractivity contribution is 0.101. The van der Waals surface area contributed by atoms with Gasteiger partial charge in [0.05, 0.1) is 0 Å². The van der Waals surface area contributed by atoms with Crippen molar-refractivity contribution in [2.24, 2.45) is 0 Å². The summed E-state index contributed by atoms with van der Waals surface area (Å²) in [6, 6.07) is 3.09. The molecule has 1 N–H and O–H groups in total. The Balaban J connectivity index is 2.80. The number of rotatable bonds is 1. The van der Waals surface area contributed by atoms with Crippen LogP contribution in [0.2, 0.25) is 0 Å². The molecule has 0 saturated heterocycles. The summed E-state index contributed by atoms with van der Waals surface area (Å²) in [5.41, 5.74) is 1.27. The smallest absolute Gasteiger partial charge is 0.161 e. The van der Waals surface area contributed by atoms with Gasteiger partial charge < -0.3 is 4.98 Å². The third kappa shape index (κ3) is 1.43. The number of hydrogen-bond donors (Lipinski definition) is 1. The molecule has 0 spiro atoms. The molecule has 0 fully saturated rings. The Morgan fingerprint density at radius 1 is 1.50 bits per heavy atom. The second-order valence-corrected chi connectivity index (χ2v) is 4.23. The van der Waals surface area contributed by atoms with Crippen molar-refractivity contribution < 1.29 is 9.18 Å². The van der Waals surface area contributed by atoms with E-state index >= 15 is 0 Å². The van der Waals surface area contributed by atoms with Gasteiger partial charge in [0.1, 0.15) is 5.82 Å². The van der Waals surface area contributed by atoms with Gasteiger partial charge in [-0.25, -0.2) is 4.39 Å². The van der Waals surface area contributed by atoms with Crippen LogP contribution < -0.4 is 0 Å². The average Bonchev–Trinajstić information content (AvgIpc) is 2.48. The van der Waals surface area contributed by atoms with Crippen molar-refractivity contribution in [1.82, 2.24) is 4.98 Å². The zero-order valence-electron chi connectivity index (χ0n) is 7.40. The molecular weight excluding hydrogens is 296 g/mol. The van der Waals surface area contributed by atoms with E-state index in [2.05, 4.69) is 4.98 Å². The molecule has 0 bridgehead atoms. The number of hydrogen-bond acceptors (Lipinski definition) is 1. The van der Waals surface area contributed by atoms with Crippen molar-refractivity contribution in [3.05, 3.63) is 33.3 Å². The Morgan fingerprint density at radius 3 is 2.86 bits per heavy atom. The zero-order chi connectivity index (χ0) is 10.3. The summed E-state index contributed by atoms with van der Waals surface area (Å²) in [7, 11) is 0. The predicted octanol–water partition coefficient (Wildman–Crippen LogP) is 3.11. The van der Waals surface area contributed by atoms with E-state index in [1.54, 1.807) is 12.3 Å². The van der Waals surface area contributed by atoms with Gasteiger partial charge in [-0.2, -0.15) is 0 Å². The number of H-pyrrole nitrogens is 1. The molecule has 14 heavy (non-hydrogen) atoms. The normalized spacial score (nSPS) is 10.8. The maximum absolute atomic E-state index is 13.1. The maximum atomic E-state index is 13.1. The molecule has 1 aromatic heterocycles. The van der Waals surface area contributed by atoms with Crippen LogP contribution in [0.3, 0.4) is 0 Å². The van der Waals surface area contributed by atoms with E-state index in [9.17, 15) is 9.18 Å². The Morgan fingerprint density at radius 2 is 2.21 bits per heavy atom. The minimum Gasteiger partial charge on any atom is -0.360 e. The summed E-state index contributed by atoms with van der Waals surface area (Å²) in [4.78, 5) is 14.1. The van der Waals surface area contributed by atoms with Crippen LogP contribution in [0.1, 0.15) is 17.3 Å². The van der Waals surface area contributed by atoms with Crippen LogP contribution in [0, 0.1) is 9.39 Å². The van der Waals surface area contributed by atoms with E-state index in [-0.39, 0.29) is 11.6 Å². The fourth-order valence-electron chi connectivity index (χ4n) is 1.41. The van der Waals surface area contributed by atoms with Gasteiger partial charge >= 0.3 is 0 Å². The topological polar surface area (TPSA) is 32.9 Å². The molecule has 2 aromatic rings. The summed E-state index contributed by atoms with van der Waals surface area (Å²) in [5, 5.41) is 0.781. The van der Waals surface area contributed by atoms with Gasteiger partial charge in [-0.15, -0.1) is 0 Å². The van der Waals surface area contributed by atoms with Crippen LogP contribution in [0.15, 0.2) is 18.3 Å². The number of benzene rings is 1. The number of Topliss-reactive ketones (excluding diaryl/α,β-unsaturated/α-hetero) is 1. The van der Waals surface area contributed by atoms with E-state index in [0.717, 1.165) is 5.39 Å². The fraction of sp³-hybridized carbons (Fsp3) is 0.100. The lowest BCUT2D eigenvalue weighted by atomic mass is 10.1. The molecule has 0 unspecified atom stereocenters. The SMILES string of the molecule is CC(=O)c1c[nH]c2cc(F)c(I)cc12. The molecule has 0 saturated carbocycles.